The molecule has 0 saturated heterocycles. The van der Waals surface area contributed by atoms with Crippen molar-refractivity contribution in [1.82, 2.24) is 4.90 Å². The lowest BCUT2D eigenvalue weighted by Crippen LogP contribution is -2.31. The molecular weight excluding hydrogens is 160 g/mol. The van der Waals surface area contributed by atoms with Crippen LogP contribution in [0.25, 0.3) is 0 Å². The van der Waals surface area contributed by atoms with Gasteiger partial charge >= 0.3 is 6.03 Å². The van der Waals surface area contributed by atoms with Gasteiger partial charge in [0.1, 0.15) is 0 Å². The molecular formula is C7H10N2OS. The van der Waals surface area contributed by atoms with E-state index in [0.717, 1.165) is 4.88 Å². The van der Waals surface area contributed by atoms with Gasteiger partial charge in [-0.05, 0) is 11.4 Å². The Kier molecular flexibility index (Phi) is 2.48. The van der Waals surface area contributed by atoms with Crippen LogP contribution in [-0.2, 0) is 6.54 Å². The molecule has 0 fully saturated rings. The molecule has 0 aromatic carbocycles. The molecule has 1 aromatic rings. The van der Waals surface area contributed by atoms with Crippen molar-refractivity contribution in [3.63, 3.8) is 0 Å². The van der Waals surface area contributed by atoms with E-state index in [0.29, 0.717) is 6.54 Å². The van der Waals surface area contributed by atoms with Crippen molar-refractivity contribution < 1.29 is 4.79 Å². The zero-order chi connectivity index (χ0) is 8.27. The minimum absolute atomic E-state index is 0.390. The van der Waals surface area contributed by atoms with Crippen molar-refractivity contribution in [2.75, 3.05) is 7.05 Å². The standard InChI is InChI=1S/C7H10N2OS/c1-9(7(8)10)5-6-3-2-4-11-6/h2-4H,5H2,1H3,(H2,8,10). The van der Waals surface area contributed by atoms with Crippen molar-refractivity contribution in [2.24, 2.45) is 5.73 Å². The molecule has 0 saturated carbocycles. The fourth-order valence-electron chi connectivity index (χ4n) is 0.714. The summed E-state index contributed by atoms with van der Waals surface area (Å²) in [4.78, 5) is 13.2. The third kappa shape index (κ3) is 2.23. The predicted molar refractivity (Wildman–Crippen MR) is 45.4 cm³/mol. The lowest BCUT2D eigenvalue weighted by molar-refractivity contribution is 0.217. The number of nitrogens with zero attached hydrogens (tertiary/aromatic N) is 1. The number of carbonyl (C=O) groups excluding carboxylic acids is 1. The highest BCUT2D eigenvalue weighted by Gasteiger charge is 2.03. The molecule has 0 aliphatic heterocycles. The molecule has 0 atom stereocenters. The molecule has 60 valence electrons. The number of thiophene rings is 1. The van der Waals surface area contributed by atoms with Crippen LogP contribution in [0.15, 0.2) is 17.5 Å². The molecule has 1 aromatic heterocycles. The summed E-state index contributed by atoms with van der Waals surface area (Å²) in [6.45, 7) is 0.604. The molecule has 0 bridgehead atoms. The summed E-state index contributed by atoms with van der Waals surface area (Å²) in [5, 5.41) is 1.98. The molecule has 2 amide bonds. The minimum Gasteiger partial charge on any atom is -0.351 e. The van der Waals surface area contributed by atoms with Crippen LogP contribution in [0.5, 0.6) is 0 Å². The first kappa shape index (κ1) is 8.07. The van der Waals surface area contributed by atoms with Gasteiger partial charge in [0.2, 0.25) is 0 Å². The Morgan fingerprint density at radius 3 is 3.00 bits per heavy atom. The number of amides is 2. The van der Waals surface area contributed by atoms with E-state index >= 15 is 0 Å². The van der Waals surface area contributed by atoms with Crippen molar-refractivity contribution in [3.8, 4) is 0 Å². The van der Waals surface area contributed by atoms with Crippen LogP contribution in [0.2, 0.25) is 0 Å². The number of nitrogens with two attached hydrogens (primary N) is 1. The maximum atomic E-state index is 10.6. The van der Waals surface area contributed by atoms with E-state index < -0.39 is 6.03 Å². The van der Waals surface area contributed by atoms with Crippen LogP contribution in [0.4, 0.5) is 4.79 Å². The molecule has 1 heterocycles. The maximum Gasteiger partial charge on any atom is 0.314 e. The summed E-state index contributed by atoms with van der Waals surface area (Å²) in [7, 11) is 1.68. The van der Waals surface area contributed by atoms with Gasteiger partial charge in [0.05, 0.1) is 6.54 Å². The Bertz CT molecular complexity index is 233. The largest absolute Gasteiger partial charge is 0.351 e. The number of urea groups is 1. The van der Waals surface area contributed by atoms with E-state index in [4.69, 9.17) is 5.73 Å². The molecule has 1 rings (SSSR count). The predicted octanol–water partition coefficient (Wildman–Crippen LogP) is 1.26. The quantitative estimate of drug-likeness (QED) is 0.713. The summed E-state index contributed by atoms with van der Waals surface area (Å²) in [6, 6.07) is 3.54. The summed E-state index contributed by atoms with van der Waals surface area (Å²) in [6.07, 6.45) is 0. The monoisotopic (exact) mass is 170 g/mol. The Hall–Kier alpha value is -1.03. The van der Waals surface area contributed by atoms with Crippen molar-refractivity contribution in [1.29, 1.82) is 0 Å². The first-order valence-corrected chi connectivity index (χ1v) is 4.11. The molecule has 0 unspecified atom stereocenters. The van der Waals surface area contributed by atoms with Crippen molar-refractivity contribution in [3.05, 3.63) is 22.4 Å². The van der Waals surface area contributed by atoms with Gasteiger partial charge in [-0.2, -0.15) is 0 Å². The van der Waals surface area contributed by atoms with Gasteiger partial charge in [-0.25, -0.2) is 4.79 Å². The van der Waals surface area contributed by atoms with Crippen molar-refractivity contribution >= 4 is 17.4 Å². The van der Waals surface area contributed by atoms with E-state index in [2.05, 4.69) is 0 Å². The van der Waals surface area contributed by atoms with E-state index in [9.17, 15) is 4.79 Å². The fraction of sp³-hybridized carbons (Fsp3) is 0.286. The Morgan fingerprint density at radius 2 is 2.55 bits per heavy atom. The average molecular weight is 170 g/mol. The summed E-state index contributed by atoms with van der Waals surface area (Å²) in [5.74, 6) is 0. The highest BCUT2D eigenvalue weighted by Crippen LogP contribution is 2.10. The van der Waals surface area contributed by atoms with Gasteiger partial charge in [-0.3, -0.25) is 0 Å². The lowest BCUT2D eigenvalue weighted by Gasteiger charge is -2.11. The van der Waals surface area contributed by atoms with Crippen molar-refractivity contribution in [2.45, 2.75) is 6.54 Å². The van der Waals surface area contributed by atoms with Crippen LogP contribution >= 0.6 is 11.3 Å². The molecule has 0 aliphatic rings. The third-order valence-corrected chi connectivity index (χ3v) is 2.21. The topological polar surface area (TPSA) is 46.3 Å². The zero-order valence-corrected chi connectivity index (χ0v) is 7.10. The van der Waals surface area contributed by atoms with Gasteiger partial charge < -0.3 is 10.6 Å². The second kappa shape index (κ2) is 3.39. The van der Waals surface area contributed by atoms with Crippen LogP contribution in [0, 0.1) is 0 Å². The number of rotatable bonds is 2. The normalized spacial score (nSPS) is 9.55. The Morgan fingerprint density at radius 1 is 1.82 bits per heavy atom. The summed E-state index contributed by atoms with van der Waals surface area (Å²) < 4.78 is 0. The lowest BCUT2D eigenvalue weighted by atomic mass is 10.4. The zero-order valence-electron chi connectivity index (χ0n) is 6.28. The fourth-order valence-corrected chi connectivity index (χ4v) is 1.47. The maximum absolute atomic E-state index is 10.6. The van der Waals surface area contributed by atoms with Gasteiger partial charge in [-0.15, -0.1) is 11.3 Å². The minimum atomic E-state index is -0.390. The van der Waals surface area contributed by atoms with Gasteiger partial charge in [-0.1, -0.05) is 6.07 Å². The van der Waals surface area contributed by atoms with E-state index in [-0.39, 0.29) is 0 Å². The van der Waals surface area contributed by atoms with Crippen LogP contribution in [-0.4, -0.2) is 18.0 Å². The summed E-state index contributed by atoms with van der Waals surface area (Å²) in [5.41, 5.74) is 5.04. The van der Waals surface area contributed by atoms with E-state index in [1.165, 1.54) is 4.90 Å². The van der Waals surface area contributed by atoms with Gasteiger partial charge in [0.15, 0.2) is 0 Å². The first-order valence-electron chi connectivity index (χ1n) is 3.23. The number of carbonyl (C=O) groups is 1. The van der Waals surface area contributed by atoms with E-state index in [1.807, 2.05) is 17.5 Å². The SMILES string of the molecule is CN(Cc1cccs1)C(N)=O. The molecule has 0 aliphatic carbocycles. The molecule has 0 spiro atoms. The summed E-state index contributed by atoms with van der Waals surface area (Å²) >= 11 is 1.62. The molecule has 2 N–H and O–H groups in total. The molecule has 3 nitrogen and oxygen atoms in total. The first-order chi connectivity index (χ1) is 5.20. The Labute approximate surface area is 69.4 Å². The third-order valence-electron chi connectivity index (χ3n) is 1.35. The van der Waals surface area contributed by atoms with Gasteiger partial charge in [0.25, 0.3) is 0 Å². The molecule has 4 heteroatoms. The highest BCUT2D eigenvalue weighted by atomic mass is 32.1. The van der Waals surface area contributed by atoms with Gasteiger partial charge in [0, 0.05) is 11.9 Å². The average Bonchev–Trinajstić information content (AvgIpc) is 2.39. The smallest absolute Gasteiger partial charge is 0.314 e. The molecule has 0 radical (unpaired) electrons. The van der Waals surface area contributed by atoms with Crippen LogP contribution < -0.4 is 5.73 Å². The van der Waals surface area contributed by atoms with Crippen LogP contribution in [0.3, 0.4) is 0 Å². The van der Waals surface area contributed by atoms with Crippen LogP contribution in [0.1, 0.15) is 4.88 Å². The second-order valence-corrected chi connectivity index (χ2v) is 3.31. The number of hydrogen-bond acceptors (Lipinski definition) is 2. The van der Waals surface area contributed by atoms with E-state index in [1.54, 1.807) is 18.4 Å². The number of primary amides is 1. The molecule has 11 heavy (non-hydrogen) atoms. The highest BCUT2D eigenvalue weighted by molar-refractivity contribution is 7.09. The number of hydrogen-bond donors (Lipinski definition) is 1. The second-order valence-electron chi connectivity index (χ2n) is 2.27. The Balaban J connectivity index is 2.50.